The van der Waals surface area contributed by atoms with E-state index in [1.807, 2.05) is 24.3 Å². The highest BCUT2D eigenvalue weighted by atomic mass is 15.0. The Hall–Kier alpha value is -7.11. The Balaban J connectivity index is 1.23. The van der Waals surface area contributed by atoms with E-state index in [4.69, 9.17) is 15.0 Å². The third-order valence-corrected chi connectivity index (χ3v) is 9.93. The zero-order valence-corrected chi connectivity index (χ0v) is 28.0. The molecule has 0 aliphatic heterocycles. The smallest absolute Gasteiger partial charge is 0.164 e. The van der Waals surface area contributed by atoms with E-state index in [9.17, 15) is 0 Å². The molecule has 0 aliphatic carbocycles. The molecule has 0 bridgehead atoms. The van der Waals surface area contributed by atoms with Gasteiger partial charge in [-0.2, -0.15) is 0 Å². The predicted molar refractivity (Wildman–Crippen MR) is 213 cm³/mol. The third-order valence-electron chi connectivity index (χ3n) is 9.93. The number of pyridine rings is 2. The first kappa shape index (κ1) is 29.8. The van der Waals surface area contributed by atoms with Crippen molar-refractivity contribution in [3.8, 4) is 56.4 Å². The van der Waals surface area contributed by atoms with Crippen LogP contribution >= 0.6 is 0 Å². The van der Waals surface area contributed by atoms with Crippen LogP contribution in [-0.4, -0.2) is 24.9 Å². The summed E-state index contributed by atoms with van der Waals surface area (Å²) in [6.45, 7) is 0. The minimum atomic E-state index is 0.587. The molecule has 0 radical (unpaired) electrons. The van der Waals surface area contributed by atoms with Crippen LogP contribution in [-0.2, 0) is 0 Å². The number of rotatable bonds is 5. The van der Waals surface area contributed by atoms with E-state index in [1.165, 1.54) is 43.1 Å². The molecule has 0 unspecified atom stereocenters. The highest BCUT2D eigenvalue weighted by Crippen LogP contribution is 2.42. The summed E-state index contributed by atoms with van der Waals surface area (Å²) in [4.78, 5) is 23.4. The van der Waals surface area contributed by atoms with Crippen LogP contribution in [0.15, 0.2) is 176 Å². The fourth-order valence-corrected chi connectivity index (χ4v) is 7.46. The fraction of sp³-hybridized carbons (Fsp3) is 0. The van der Waals surface area contributed by atoms with Crippen molar-refractivity contribution in [1.29, 1.82) is 0 Å². The van der Waals surface area contributed by atoms with Crippen molar-refractivity contribution >= 4 is 43.1 Å². The lowest BCUT2D eigenvalue weighted by molar-refractivity contribution is 1.07. The summed E-state index contributed by atoms with van der Waals surface area (Å²) in [6.07, 6.45) is 7.03. The maximum Gasteiger partial charge on any atom is 0.164 e. The van der Waals surface area contributed by atoms with Gasteiger partial charge in [0.05, 0.1) is 0 Å². The molecule has 10 rings (SSSR count). The van der Waals surface area contributed by atoms with E-state index < -0.39 is 0 Å². The maximum atomic E-state index is 5.04. The first-order valence-electron chi connectivity index (χ1n) is 17.3. The van der Waals surface area contributed by atoms with E-state index in [1.54, 1.807) is 24.8 Å². The van der Waals surface area contributed by atoms with Gasteiger partial charge in [-0.05, 0) is 102 Å². The minimum Gasteiger partial charge on any atom is -0.265 e. The number of hydrogen-bond donors (Lipinski definition) is 0. The molecule has 5 heteroatoms. The second-order valence-electron chi connectivity index (χ2n) is 12.9. The van der Waals surface area contributed by atoms with Gasteiger partial charge < -0.3 is 0 Å². The number of nitrogens with zero attached hydrogens (tertiary/aromatic N) is 5. The molecule has 242 valence electrons. The topological polar surface area (TPSA) is 64.5 Å². The Morgan fingerprint density at radius 1 is 0.269 bits per heavy atom. The van der Waals surface area contributed by atoms with E-state index >= 15 is 0 Å². The van der Waals surface area contributed by atoms with Crippen molar-refractivity contribution in [2.75, 3.05) is 0 Å². The van der Waals surface area contributed by atoms with E-state index in [0.29, 0.717) is 17.5 Å². The lowest BCUT2D eigenvalue weighted by Crippen LogP contribution is -2.00. The van der Waals surface area contributed by atoms with Crippen molar-refractivity contribution in [3.63, 3.8) is 0 Å². The van der Waals surface area contributed by atoms with Crippen LogP contribution in [0, 0.1) is 0 Å². The quantitative estimate of drug-likeness (QED) is 0.171. The lowest BCUT2D eigenvalue weighted by Gasteiger charge is -2.17. The fourth-order valence-electron chi connectivity index (χ4n) is 7.46. The maximum absolute atomic E-state index is 5.04. The molecule has 52 heavy (non-hydrogen) atoms. The Labute approximate surface area is 300 Å². The molecule has 0 atom stereocenters. The molecular formula is C47H29N5. The Morgan fingerprint density at radius 2 is 0.750 bits per heavy atom. The summed E-state index contributed by atoms with van der Waals surface area (Å²) in [7, 11) is 0. The molecule has 0 amide bonds. The van der Waals surface area contributed by atoms with Crippen LogP contribution in [0.3, 0.4) is 0 Å². The molecule has 0 N–H and O–H groups in total. The van der Waals surface area contributed by atoms with Crippen molar-refractivity contribution in [3.05, 3.63) is 176 Å². The Kier molecular flexibility index (Phi) is 7.07. The predicted octanol–water partition coefficient (Wildman–Crippen LogP) is 11.6. The van der Waals surface area contributed by atoms with Gasteiger partial charge in [-0.25, -0.2) is 15.0 Å². The van der Waals surface area contributed by atoms with Crippen molar-refractivity contribution < 1.29 is 0 Å². The zero-order valence-electron chi connectivity index (χ0n) is 28.0. The summed E-state index contributed by atoms with van der Waals surface area (Å²) in [5, 5.41) is 9.90. The van der Waals surface area contributed by atoms with Crippen LogP contribution < -0.4 is 0 Å². The van der Waals surface area contributed by atoms with E-state index in [0.717, 1.165) is 38.9 Å². The summed E-state index contributed by atoms with van der Waals surface area (Å²) < 4.78 is 0. The lowest BCUT2D eigenvalue weighted by atomic mass is 9.87. The summed E-state index contributed by atoms with van der Waals surface area (Å²) in [6, 6.07) is 53.7. The van der Waals surface area contributed by atoms with Gasteiger partial charge in [0.2, 0.25) is 0 Å². The van der Waals surface area contributed by atoms with Crippen LogP contribution in [0.2, 0.25) is 0 Å². The van der Waals surface area contributed by atoms with Crippen molar-refractivity contribution in [2.45, 2.75) is 0 Å². The molecule has 3 aromatic heterocycles. The molecule has 7 aromatic carbocycles. The second-order valence-corrected chi connectivity index (χ2v) is 12.9. The van der Waals surface area contributed by atoms with Gasteiger partial charge in [0.25, 0.3) is 0 Å². The molecular weight excluding hydrogens is 635 g/mol. The summed E-state index contributed by atoms with van der Waals surface area (Å²) >= 11 is 0. The van der Waals surface area contributed by atoms with Gasteiger partial charge in [0, 0.05) is 41.5 Å². The highest BCUT2D eigenvalue weighted by Gasteiger charge is 2.18. The van der Waals surface area contributed by atoms with Gasteiger partial charge in [0.15, 0.2) is 17.5 Å². The standard InChI is InChI=1S/C47H29N5/c1-2-10-35-30(8-1)9-7-15-37(35)43-29-34(47-51-45(31-20-24-48-25-21-31)50-46(52-47)32-22-26-49-27-23-32)17-18-36(43)33-16-19-42-40-13-4-3-11-38(40)39-12-5-6-14-41(39)44(42)28-33/h1-29H. The molecule has 0 fully saturated rings. The molecule has 0 saturated carbocycles. The number of benzene rings is 7. The SMILES string of the molecule is c1ccc2c(-c3cc(-c4nc(-c5ccncc5)nc(-c5ccncc5)n4)ccc3-c3ccc4c5ccccc5c5ccccc5c4c3)cccc2c1. The van der Waals surface area contributed by atoms with Gasteiger partial charge in [-0.15, -0.1) is 0 Å². The molecule has 0 aliphatic rings. The second kappa shape index (κ2) is 12.3. The van der Waals surface area contributed by atoms with Crippen LogP contribution in [0.4, 0.5) is 0 Å². The number of hydrogen-bond acceptors (Lipinski definition) is 5. The number of aromatic nitrogens is 5. The average Bonchev–Trinajstić information content (AvgIpc) is 3.23. The molecule has 0 spiro atoms. The van der Waals surface area contributed by atoms with Crippen LogP contribution in [0.5, 0.6) is 0 Å². The minimum absolute atomic E-state index is 0.587. The zero-order chi connectivity index (χ0) is 34.4. The van der Waals surface area contributed by atoms with Gasteiger partial charge in [0.1, 0.15) is 0 Å². The molecule has 3 heterocycles. The first-order chi connectivity index (χ1) is 25.8. The number of fused-ring (bicyclic) bond motifs is 7. The van der Waals surface area contributed by atoms with E-state index in [-0.39, 0.29) is 0 Å². The normalized spacial score (nSPS) is 11.5. The van der Waals surface area contributed by atoms with Crippen molar-refractivity contribution in [2.24, 2.45) is 0 Å². The van der Waals surface area contributed by atoms with E-state index in [2.05, 4.69) is 137 Å². The summed E-state index contributed by atoms with van der Waals surface area (Å²) in [5.74, 6) is 1.77. The largest absolute Gasteiger partial charge is 0.265 e. The summed E-state index contributed by atoms with van der Waals surface area (Å²) in [5.41, 5.74) is 7.18. The molecule has 10 aromatic rings. The van der Waals surface area contributed by atoms with Crippen LogP contribution in [0.25, 0.3) is 99.5 Å². The Bertz CT molecular complexity index is 2860. The Morgan fingerprint density at radius 3 is 1.37 bits per heavy atom. The van der Waals surface area contributed by atoms with Crippen molar-refractivity contribution in [1.82, 2.24) is 24.9 Å². The molecule has 0 saturated heterocycles. The first-order valence-corrected chi connectivity index (χ1v) is 17.3. The monoisotopic (exact) mass is 663 g/mol. The van der Waals surface area contributed by atoms with Gasteiger partial charge in [-0.1, -0.05) is 115 Å². The van der Waals surface area contributed by atoms with Gasteiger partial charge >= 0.3 is 0 Å². The highest BCUT2D eigenvalue weighted by molar-refractivity contribution is 6.25. The van der Waals surface area contributed by atoms with Gasteiger partial charge in [-0.3, -0.25) is 9.97 Å². The average molecular weight is 664 g/mol. The third kappa shape index (κ3) is 5.07. The molecule has 5 nitrogen and oxygen atoms in total. The van der Waals surface area contributed by atoms with Crippen LogP contribution in [0.1, 0.15) is 0 Å².